The second kappa shape index (κ2) is 6.90. The molecule has 1 nitrogen and oxygen atoms in total. The number of halogens is 1. The molecule has 0 aliphatic heterocycles. The van der Waals surface area contributed by atoms with Crippen LogP contribution in [0.4, 0.5) is 0 Å². The first-order chi connectivity index (χ1) is 9.08. The lowest BCUT2D eigenvalue weighted by Gasteiger charge is -2.36. The minimum Gasteiger partial charge on any atom is -0.316 e. The lowest BCUT2D eigenvalue weighted by atomic mass is 9.73. The van der Waals surface area contributed by atoms with E-state index in [4.69, 9.17) is 0 Å². The fourth-order valence-corrected chi connectivity index (χ4v) is 3.98. The topological polar surface area (TPSA) is 12.0 Å². The fraction of sp³-hybridized carbons (Fsp3) is 0.647. The van der Waals surface area contributed by atoms with Crippen molar-refractivity contribution in [2.24, 2.45) is 17.8 Å². The Morgan fingerprint density at radius 2 is 1.68 bits per heavy atom. The molecule has 0 spiro atoms. The Morgan fingerprint density at radius 1 is 1.11 bits per heavy atom. The summed E-state index contributed by atoms with van der Waals surface area (Å²) in [4.78, 5) is 0. The predicted octanol–water partition coefficient (Wildman–Crippen LogP) is 4.65. The summed E-state index contributed by atoms with van der Waals surface area (Å²) in [5.74, 6) is 2.59. The van der Waals surface area contributed by atoms with Crippen LogP contribution < -0.4 is 5.32 Å². The molecule has 3 atom stereocenters. The summed E-state index contributed by atoms with van der Waals surface area (Å²) >= 11 is 3.51. The number of likely N-dealkylation sites (N-methyl/N-ethyl adjacent to an activating group) is 1. The first-order valence-corrected chi connectivity index (χ1v) is 8.29. The minimum absolute atomic E-state index is 0.617. The van der Waals surface area contributed by atoms with Crippen molar-refractivity contribution in [2.45, 2.75) is 45.6 Å². The van der Waals surface area contributed by atoms with Gasteiger partial charge in [-0.1, -0.05) is 41.9 Å². The summed E-state index contributed by atoms with van der Waals surface area (Å²) in [5, 5.41) is 3.56. The minimum atomic E-state index is 0.617. The molecule has 19 heavy (non-hydrogen) atoms. The largest absolute Gasteiger partial charge is 0.316 e. The Hall–Kier alpha value is -0.340. The molecule has 1 aromatic rings. The standard InChI is InChI=1S/C17H26BrN/c1-12-8-13(2)10-15(9-12)17(19-3)11-14-4-6-16(18)7-5-14/h4-7,12-13,15,17,19H,8-11H2,1-3H3. The summed E-state index contributed by atoms with van der Waals surface area (Å²) in [5.41, 5.74) is 1.44. The van der Waals surface area contributed by atoms with Crippen molar-refractivity contribution in [3.63, 3.8) is 0 Å². The molecular weight excluding hydrogens is 298 g/mol. The number of nitrogens with one attached hydrogen (secondary N) is 1. The average molecular weight is 324 g/mol. The van der Waals surface area contributed by atoms with E-state index >= 15 is 0 Å². The zero-order chi connectivity index (χ0) is 13.8. The van der Waals surface area contributed by atoms with Gasteiger partial charge in [0.25, 0.3) is 0 Å². The van der Waals surface area contributed by atoms with Crippen LogP contribution in [-0.2, 0) is 6.42 Å². The third kappa shape index (κ3) is 4.32. The molecule has 0 amide bonds. The van der Waals surface area contributed by atoms with Crippen LogP contribution in [0, 0.1) is 17.8 Å². The highest BCUT2D eigenvalue weighted by Crippen LogP contribution is 2.35. The molecular formula is C17H26BrN. The van der Waals surface area contributed by atoms with Gasteiger partial charge in [0.05, 0.1) is 0 Å². The Bertz CT molecular complexity index is 377. The third-order valence-corrected chi connectivity index (χ3v) is 5.05. The molecule has 0 radical (unpaired) electrons. The van der Waals surface area contributed by atoms with Crippen LogP contribution in [0.15, 0.2) is 28.7 Å². The lowest BCUT2D eigenvalue weighted by Crippen LogP contribution is -2.39. The highest BCUT2D eigenvalue weighted by atomic mass is 79.9. The smallest absolute Gasteiger partial charge is 0.0175 e. The highest BCUT2D eigenvalue weighted by Gasteiger charge is 2.29. The molecule has 1 aliphatic rings. The van der Waals surface area contributed by atoms with E-state index in [1.54, 1.807) is 0 Å². The second-order valence-corrected chi connectivity index (χ2v) is 7.32. The first-order valence-electron chi connectivity index (χ1n) is 7.50. The Balaban J connectivity index is 2.01. The molecule has 2 rings (SSSR count). The van der Waals surface area contributed by atoms with Crippen LogP contribution in [0.2, 0.25) is 0 Å². The van der Waals surface area contributed by atoms with Gasteiger partial charge in [-0.2, -0.15) is 0 Å². The number of hydrogen-bond donors (Lipinski definition) is 1. The molecule has 0 bridgehead atoms. The van der Waals surface area contributed by atoms with Gasteiger partial charge < -0.3 is 5.32 Å². The van der Waals surface area contributed by atoms with E-state index in [0.29, 0.717) is 6.04 Å². The number of rotatable bonds is 4. The Labute approximate surface area is 126 Å². The van der Waals surface area contributed by atoms with Gasteiger partial charge in [0.1, 0.15) is 0 Å². The predicted molar refractivity (Wildman–Crippen MR) is 86.4 cm³/mol. The van der Waals surface area contributed by atoms with Gasteiger partial charge in [0.2, 0.25) is 0 Å². The molecule has 3 unspecified atom stereocenters. The van der Waals surface area contributed by atoms with Gasteiger partial charge in [-0.15, -0.1) is 0 Å². The van der Waals surface area contributed by atoms with Crippen LogP contribution in [0.5, 0.6) is 0 Å². The normalized spacial score (nSPS) is 29.2. The number of hydrogen-bond acceptors (Lipinski definition) is 1. The molecule has 1 saturated carbocycles. The summed E-state index contributed by atoms with van der Waals surface area (Å²) in [7, 11) is 2.12. The van der Waals surface area contributed by atoms with Crippen LogP contribution in [0.1, 0.15) is 38.7 Å². The van der Waals surface area contributed by atoms with Gasteiger partial charge in [-0.05, 0) is 68.2 Å². The van der Waals surface area contributed by atoms with Gasteiger partial charge >= 0.3 is 0 Å². The van der Waals surface area contributed by atoms with E-state index in [2.05, 4.69) is 66.4 Å². The van der Waals surface area contributed by atoms with Gasteiger partial charge in [0.15, 0.2) is 0 Å². The first kappa shape index (κ1) is 15.1. The van der Waals surface area contributed by atoms with Crippen LogP contribution in [0.25, 0.3) is 0 Å². The maximum atomic E-state index is 3.56. The zero-order valence-electron chi connectivity index (χ0n) is 12.3. The summed E-state index contributed by atoms with van der Waals surface area (Å²) < 4.78 is 1.16. The summed E-state index contributed by atoms with van der Waals surface area (Å²) in [6.45, 7) is 4.82. The van der Waals surface area contributed by atoms with Crippen molar-refractivity contribution in [2.75, 3.05) is 7.05 Å². The zero-order valence-corrected chi connectivity index (χ0v) is 13.9. The van der Waals surface area contributed by atoms with E-state index in [-0.39, 0.29) is 0 Å². The molecule has 1 N–H and O–H groups in total. The fourth-order valence-electron chi connectivity index (χ4n) is 3.72. The molecule has 1 aliphatic carbocycles. The highest BCUT2D eigenvalue weighted by molar-refractivity contribution is 9.10. The van der Waals surface area contributed by atoms with Gasteiger partial charge in [0, 0.05) is 10.5 Å². The second-order valence-electron chi connectivity index (χ2n) is 6.40. The van der Waals surface area contributed by atoms with Gasteiger partial charge in [-0.25, -0.2) is 0 Å². The van der Waals surface area contributed by atoms with Gasteiger partial charge in [-0.3, -0.25) is 0 Å². The van der Waals surface area contributed by atoms with E-state index in [1.165, 1.54) is 24.8 Å². The van der Waals surface area contributed by atoms with Crippen molar-refractivity contribution < 1.29 is 0 Å². The monoisotopic (exact) mass is 323 g/mol. The van der Waals surface area contributed by atoms with Crippen LogP contribution in [-0.4, -0.2) is 13.1 Å². The van der Waals surface area contributed by atoms with Crippen molar-refractivity contribution >= 4 is 15.9 Å². The lowest BCUT2D eigenvalue weighted by molar-refractivity contribution is 0.179. The van der Waals surface area contributed by atoms with Crippen molar-refractivity contribution in [1.29, 1.82) is 0 Å². The van der Waals surface area contributed by atoms with E-state index in [1.807, 2.05) is 0 Å². The quantitative estimate of drug-likeness (QED) is 0.850. The molecule has 0 aromatic heterocycles. The molecule has 0 heterocycles. The Kier molecular flexibility index (Phi) is 5.47. The van der Waals surface area contributed by atoms with E-state index < -0.39 is 0 Å². The molecule has 1 fully saturated rings. The maximum Gasteiger partial charge on any atom is 0.0175 e. The van der Waals surface area contributed by atoms with Crippen LogP contribution >= 0.6 is 15.9 Å². The molecule has 1 aromatic carbocycles. The molecule has 0 saturated heterocycles. The van der Waals surface area contributed by atoms with Crippen molar-refractivity contribution in [3.05, 3.63) is 34.3 Å². The molecule has 106 valence electrons. The van der Waals surface area contributed by atoms with E-state index in [0.717, 1.165) is 28.6 Å². The summed E-state index contributed by atoms with van der Waals surface area (Å²) in [6, 6.07) is 9.39. The SMILES string of the molecule is CNC(Cc1ccc(Br)cc1)C1CC(C)CC(C)C1. The Morgan fingerprint density at radius 3 is 2.21 bits per heavy atom. The van der Waals surface area contributed by atoms with Crippen molar-refractivity contribution in [3.8, 4) is 0 Å². The van der Waals surface area contributed by atoms with Crippen molar-refractivity contribution in [1.82, 2.24) is 5.32 Å². The number of benzene rings is 1. The van der Waals surface area contributed by atoms with Crippen LogP contribution in [0.3, 0.4) is 0 Å². The van der Waals surface area contributed by atoms with E-state index in [9.17, 15) is 0 Å². The summed E-state index contributed by atoms with van der Waals surface area (Å²) in [6.07, 6.45) is 5.32. The molecule has 2 heteroatoms. The average Bonchev–Trinajstić information content (AvgIpc) is 2.37. The third-order valence-electron chi connectivity index (χ3n) is 4.52. The maximum absolute atomic E-state index is 3.56.